The molecule has 0 amide bonds. The minimum Gasteiger partial charge on any atom is -0.429 e. The monoisotopic (exact) mass is 514 g/mol. The normalized spacial score (nSPS) is 12.4. The van der Waals surface area contributed by atoms with Gasteiger partial charge >= 0.3 is 12.3 Å². The van der Waals surface area contributed by atoms with Crippen LogP contribution < -0.4 is 4.74 Å². The van der Waals surface area contributed by atoms with Crippen molar-refractivity contribution in [1.29, 1.82) is 0 Å². The highest BCUT2D eigenvalue weighted by Gasteiger charge is 2.34. The molecule has 3 rings (SSSR count). The second-order valence-electron chi connectivity index (χ2n) is 8.14. The van der Waals surface area contributed by atoms with Gasteiger partial charge in [0, 0.05) is 23.3 Å². The van der Waals surface area contributed by atoms with Gasteiger partial charge in [0.2, 0.25) is 0 Å². The number of unbranched alkanes of at least 4 members (excludes halogenated alkanes) is 2. The number of allylic oxidation sites excluding steroid dienone is 1. The van der Waals surface area contributed by atoms with Gasteiger partial charge in [0.1, 0.15) is 23.2 Å². The lowest BCUT2D eigenvalue weighted by Gasteiger charge is -2.19. The van der Waals surface area contributed by atoms with E-state index < -0.39 is 46.6 Å². The second-order valence-corrected chi connectivity index (χ2v) is 8.14. The van der Waals surface area contributed by atoms with Gasteiger partial charge in [-0.1, -0.05) is 31.9 Å². The molecule has 0 atom stereocenters. The first-order valence-electron chi connectivity index (χ1n) is 11.1. The highest BCUT2D eigenvalue weighted by atomic mass is 19.4. The zero-order valence-electron chi connectivity index (χ0n) is 19.1. The van der Waals surface area contributed by atoms with E-state index in [0.717, 1.165) is 43.4 Å². The highest BCUT2D eigenvalue weighted by Crippen LogP contribution is 2.35. The van der Waals surface area contributed by atoms with Crippen molar-refractivity contribution in [3.8, 4) is 16.9 Å². The molecule has 0 aliphatic rings. The maximum absolute atomic E-state index is 14.6. The van der Waals surface area contributed by atoms with E-state index in [2.05, 4.69) is 6.92 Å². The number of aryl methyl sites for hydroxylation is 1. The van der Waals surface area contributed by atoms with E-state index >= 15 is 0 Å². The van der Waals surface area contributed by atoms with Crippen LogP contribution in [0, 0.1) is 17.5 Å². The van der Waals surface area contributed by atoms with Gasteiger partial charge in [0.25, 0.3) is 0 Å². The van der Waals surface area contributed by atoms with Crippen LogP contribution >= 0.6 is 0 Å². The number of benzene rings is 3. The van der Waals surface area contributed by atoms with Crippen LogP contribution in [0.2, 0.25) is 0 Å². The Balaban J connectivity index is 1.78. The highest BCUT2D eigenvalue weighted by molar-refractivity contribution is 5.68. The van der Waals surface area contributed by atoms with Crippen LogP contribution in [0.4, 0.5) is 35.1 Å². The summed E-state index contributed by atoms with van der Waals surface area (Å²) in [6, 6.07) is 9.51. The Morgan fingerprint density at radius 1 is 0.778 bits per heavy atom. The number of ether oxygens (including phenoxy) is 1. The lowest BCUT2D eigenvalue weighted by molar-refractivity contribution is -0.185. The molecule has 0 saturated carbocycles. The van der Waals surface area contributed by atoms with Crippen LogP contribution in [0.1, 0.15) is 42.9 Å². The van der Waals surface area contributed by atoms with E-state index in [1.807, 2.05) is 0 Å². The zero-order valence-corrected chi connectivity index (χ0v) is 19.1. The lowest BCUT2D eigenvalue weighted by Crippen LogP contribution is -2.22. The second kappa shape index (κ2) is 11.1. The third kappa shape index (κ3) is 7.08. The first kappa shape index (κ1) is 27.2. The van der Waals surface area contributed by atoms with Crippen LogP contribution in [0.25, 0.3) is 17.2 Å². The van der Waals surface area contributed by atoms with Crippen molar-refractivity contribution < 1.29 is 39.9 Å². The third-order valence-corrected chi connectivity index (χ3v) is 5.37. The van der Waals surface area contributed by atoms with Gasteiger partial charge in [0.05, 0.1) is 5.56 Å². The molecule has 9 heteroatoms. The first-order valence-corrected chi connectivity index (χ1v) is 11.1. The van der Waals surface area contributed by atoms with Gasteiger partial charge in [-0.15, -0.1) is 0 Å². The SMILES string of the molecule is CCCCCc1ccc(C(F)(F)Oc2ccc(-c3cc(F)c(/C=C/C(F)(F)F)c(F)c3)c(F)c2)cc1. The van der Waals surface area contributed by atoms with Crippen molar-refractivity contribution in [1.82, 2.24) is 0 Å². The fraction of sp³-hybridized carbons (Fsp3) is 0.259. The van der Waals surface area contributed by atoms with Crippen molar-refractivity contribution in [2.45, 2.75) is 44.9 Å². The van der Waals surface area contributed by atoms with Gasteiger partial charge < -0.3 is 4.74 Å². The Labute approximate surface area is 203 Å². The van der Waals surface area contributed by atoms with E-state index in [0.29, 0.717) is 18.2 Å². The average molecular weight is 514 g/mol. The molecule has 0 fully saturated rings. The van der Waals surface area contributed by atoms with E-state index in [-0.39, 0.29) is 23.3 Å². The molecule has 192 valence electrons. The summed E-state index contributed by atoms with van der Waals surface area (Å²) in [6.45, 7) is 2.06. The summed E-state index contributed by atoms with van der Waals surface area (Å²) in [4.78, 5) is 0. The maximum atomic E-state index is 14.6. The molecule has 3 aromatic rings. The Morgan fingerprint density at radius 2 is 1.42 bits per heavy atom. The molecule has 0 unspecified atom stereocenters. The summed E-state index contributed by atoms with van der Waals surface area (Å²) in [5.74, 6) is -4.35. The summed E-state index contributed by atoms with van der Waals surface area (Å²) in [5.41, 5.74) is -1.17. The van der Waals surface area contributed by atoms with Gasteiger partial charge in [-0.3, -0.25) is 0 Å². The largest absolute Gasteiger partial charge is 0.429 e. The topological polar surface area (TPSA) is 9.23 Å². The van der Waals surface area contributed by atoms with Crippen LogP contribution in [-0.4, -0.2) is 6.18 Å². The molecular formula is C27H22F8O. The molecule has 0 bridgehead atoms. The Kier molecular flexibility index (Phi) is 8.43. The van der Waals surface area contributed by atoms with Crippen molar-refractivity contribution in [3.63, 3.8) is 0 Å². The minimum atomic E-state index is -4.78. The predicted octanol–water partition coefficient (Wildman–Crippen LogP) is 9.21. The summed E-state index contributed by atoms with van der Waals surface area (Å²) in [6.07, 6.45) is -4.90. The fourth-order valence-electron chi connectivity index (χ4n) is 3.52. The number of hydrogen-bond acceptors (Lipinski definition) is 1. The van der Waals surface area contributed by atoms with Crippen molar-refractivity contribution in [3.05, 3.63) is 94.8 Å². The summed E-state index contributed by atoms with van der Waals surface area (Å²) in [5, 5.41) is 0. The number of hydrogen-bond donors (Lipinski definition) is 0. The number of rotatable bonds is 9. The van der Waals surface area contributed by atoms with Gasteiger partial charge in [-0.25, -0.2) is 13.2 Å². The molecule has 0 radical (unpaired) electrons. The van der Waals surface area contributed by atoms with E-state index in [4.69, 9.17) is 4.74 Å². The Morgan fingerprint density at radius 3 is 1.97 bits per heavy atom. The van der Waals surface area contributed by atoms with Crippen molar-refractivity contribution in [2.75, 3.05) is 0 Å². The van der Waals surface area contributed by atoms with Crippen LogP contribution in [0.5, 0.6) is 5.75 Å². The van der Waals surface area contributed by atoms with Crippen molar-refractivity contribution in [2.24, 2.45) is 0 Å². The standard InChI is InChI=1S/C27H22F8O/c1-2-3-4-5-17-6-8-19(9-7-17)27(34,35)36-20-10-11-21(25(30)16-20)18-14-23(28)22(24(29)15-18)12-13-26(31,32)33/h6-16H,2-5H2,1H3/b13-12+. The summed E-state index contributed by atoms with van der Waals surface area (Å²) in [7, 11) is 0. The number of alkyl halides is 5. The molecule has 0 aromatic heterocycles. The maximum Gasteiger partial charge on any atom is 0.426 e. The molecule has 0 aliphatic carbocycles. The Bertz CT molecular complexity index is 1190. The van der Waals surface area contributed by atoms with Crippen LogP contribution in [0.3, 0.4) is 0 Å². The predicted molar refractivity (Wildman–Crippen MR) is 121 cm³/mol. The van der Waals surface area contributed by atoms with Crippen LogP contribution in [0.15, 0.2) is 60.7 Å². The molecule has 36 heavy (non-hydrogen) atoms. The lowest BCUT2D eigenvalue weighted by atomic mass is 10.0. The Hall–Kier alpha value is -3.36. The minimum absolute atomic E-state index is 0.224. The summed E-state index contributed by atoms with van der Waals surface area (Å²) < 4.78 is 114. The fourth-order valence-corrected chi connectivity index (χ4v) is 3.52. The average Bonchev–Trinajstić information content (AvgIpc) is 2.78. The molecule has 0 aliphatic heterocycles. The molecule has 0 saturated heterocycles. The quantitative estimate of drug-likeness (QED) is 0.204. The number of halogens is 8. The zero-order chi connectivity index (χ0) is 26.5. The summed E-state index contributed by atoms with van der Waals surface area (Å²) >= 11 is 0. The van der Waals surface area contributed by atoms with Gasteiger partial charge in [-0.2, -0.15) is 22.0 Å². The molecule has 1 nitrogen and oxygen atoms in total. The molecule has 3 aromatic carbocycles. The van der Waals surface area contributed by atoms with Gasteiger partial charge in [-0.05, 0) is 66.4 Å². The van der Waals surface area contributed by atoms with Crippen LogP contribution in [-0.2, 0) is 12.5 Å². The van der Waals surface area contributed by atoms with Crippen molar-refractivity contribution >= 4 is 6.08 Å². The molecular weight excluding hydrogens is 492 g/mol. The molecule has 0 N–H and O–H groups in total. The van der Waals surface area contributed by atoms with E-state index in [9.17, 15) is 35.1 Å². The van der Waals surface area contributed by atoms with E-state index in [1.165, 1.54) is 12.1 Å². The first-order chi connectivity index (χ1) is 16.9. The smallest absolute Gasteiger partial charge is 0.426 e. The molecule has 0 spiro atoms. The third-order valence-electron chi connectivity index (χ3n) is 5.37. The molecule has 0 heterocycles. The van der Waals surface area contributed by atoms with Gasteiger partial charge in [0.15, 0.2) is 0 Å². The van der Waals surface area contributed by atoms with E-state index in [1.54, 1.807) is 12.1 Å².